The van der Waals surface area contributed by atoms with Gasteiger partial charge in [0.2, 0.25) is 10.0 Å². The Morgan fingerprint density at radius 3 is 2.20 bits per heavy atom. The lowest BCUT2D eigenvalue weighted by molar-refractivity contribution is 0.0951. The highest BCUT2D eigenvalue weighted by Crippen LogP contribution is 2.21. The van der Waals surface area contributed by atoms with E-state index in [1.54, 1.807) is 48.5 Å². The summed E-state index contributed by atoms with van der Waals surface area (Å²) in [7, 11) is -3.40. The van der Waals surface area contributed by atoms with Crippen LogP contribution >= 0.6 is 11.6 Å². The molecule has 2 aromatic carbocycles. The fraction of sp³-hybridized carbons (Fsp3) is 0.278. The SMILES string of the molecule is O=C(NCc1ccc(S(=O)(=O)N2CCCC2)cc1)c1ccc(Cl)cc1. The molecule has 1 fully saturated rings. The predicted octanol–water partition coefficient (Wildman–Crippen LogP) is 3.05. The van der Waals surface area contributed by atoms with Crippen molar-refractivity contribution in [2.75, 3.05) is 13.1 Å². The van der Waals surface area contributed by atoms with Crippen LogP contribution in [0.1, 0.15) is 28.8 Å². The van der Waals surface area contributed by atoms with Crippen LogP contribution in [0, 0.1) is 0 Å². The highest BCUT2D eigenvalue weighted by atomic mass is 35.5. The van der Waals surface area contributed by atoms with Crippen molar-refractivity contribution in [3.05, 3.63) is 64.7 Å². The molecular formula is C18H19ClN2O3S. The van der Waals surface area contributed by atoms with E-state index >= 15 is 0 Å². The fourth-order valence-electron chi connectivity index (χ4n) is 2.74. The molecule has 1 saturated heterocycles. The normalized spacial score (nSPS) is 15.2. The monoisotopic (exact) mass is 378 g/mol. The van der Waals surface area contributed by atoms with E-state index in [-0.39, 0.29) is 5.91 Å². The second-order valence-corrected chi connectivity index (χ2v) is 8.32. The summed E-state index contributed by atoms with van der Waals surface area (Å²) in [6.45, 7) is 1.49. The number of carbonyl (C=O) groups excluding carboxylic acids is 1. The van der Waals surface area contributed by atoms with Gasteiger partial charge in [-0.25, -0.2) is 8.42 Å². The zero-order chi connectivity index (χ0) is 17.9. The maximum Gasteiger partial charge on any atom is 0.251 e. The number of benzene rings is 2. The van der Waals surface area contributed by atoms with Gasteiger partial charge in [-0.05, 0) is 54.8 Å². The van der Waals surface area contributed by atoms with E-state index in [2.05, 4.69) is 5.32 Å². The summed E-state index contributed by atoms with van der Waals surface area (Å²) in [5, 5.41) is 3.38. The second-order valence-electron chi connectivity index (χ2n) is 5.94. The highest BCUT2D eigenvalue weighted by molar-refractivity contribution is 7.89. The maximum atomic E-state index is 12.5. The van der Waals surface area contributed by atoms with E-state index in [1.807, 2.05) is 0 Å². The molecule has 5 nitrogen and oxygen atoms in total. The van der Waals surface area contributed by atoms with Gasteiger partial charge < -0.3 is 5.32 Å². The number of hydrogen-bond donors (Lipinski definition) is 1. The van der Waals surface area contributed by atoms with Gasteiger partial charge in [0.1, 0.15) is 0 Å². The molecule has 1 amide bonds. The van der Waals surface area contributed by atoms with Crippen molar-refractivity contribution in [2.24, 2.45) is 0 Å². The molecule has 0 aromatic heterocycles. The average Bonchev–Trinajstić information content (AvgIpc) is 3.16. The highest BCUT2D eigenvalue weighted by Gasteiger charge is 2.26. The Labute approximate surface area is 152 Å². The van der Waals surface area contributed by atoms with Crippen molar-refractivity contribution in [3.63, 3.8) is 0 Å². The molecule has 0 radical (unpaired) electrons. The van der Waals surface area contributed by atoms with Crippen LogP contribution in [0.3, 0.4) is 0 Å². The molecule has 1 heterocycles. The zero-order valence-corrected chi connectivity index (χ0v) is 15.2. The quantitative estimate of drug-likeness (QED) is 0.869. The first-order chi connectivity index (χ1) is 12.0. The van der Waals surface area contributed by atoms with E-state index in [9.17, 15) is 13.2 Å². The van der Waals surface area contributed by atoms with Crippen molar-refractivity contribution in [1.29, 1.82) is 0 Å². The van der Waals surface area contributed by atoms with Gasteiger partial charge in [-0.3, -0.25) is 4.79 Å². The van der Waals surface area contributed by atoms with Gasteiger partial charge in [-0.15, -0.1) is 0 Å². The second kappa shape index (κ2) is 7.56. The summed E-state index contributed by atoms with van der Waals surface area (Å²) < 4.78 is 26.5. The molecule has 3 rings (SSSR count). The summed E-state index contributed by atoms with van der Waals surface area (Å²) in [4.78, 5) is 12.4. The number of carbonyl (C=O) groups is 1. The Morgan fingerprint density at radius 1 is 1.00 bits per heavy atom. The summed E-state index contributed by atoms with van der Waals surface area (Å²) >= 11 is 5.80. The molecule has 25 heavy (non-hydrogen) atoms. The third-order valence-corrected chi connectivity index (χ3v) is 6.35. The van der Waals surface area contributed by atoms with E-state index < -0.39 is 10.0 Å². The molecule has 0 bridgehead atoms. The Balaban J connectivity index is 1.63. The van der Waals surface area contributed by atoms with Gasteiger partial charge in [0.15, 0.2) is 0 Å². The number of halogens is 1. The van der Waals surface area contributed by atoms with E-state index in [4.69, 9.17) is 11.6 Å². The molecule has 2 aromatic rings. The fourth-order valence-corrected chi connectivity index (χ4v) is 4.39. The first-order valence-electron chi connectivity index (χ1n) is 8.10. The summed E-state index contributed by atoms with van der Waals surface area (Å²) in [5.41, 5.74) is 1.36. The van der Waals surface area contributed by atoms with Crippen LogP contribution in [-0.2, 0) is 16.6 Å². The number of hydrogen-bond acceptors (Lipinski definition) is 3. The molecule has 0 unspecified atom stereocenters. The lowest BCUT2D eigenvalue weighted by Crippen LogP contribution is -2.28. The molecule has 0 atom stereocenters. The minimum absolute atomic E-state index is 0.203. The predicted molar refractivity (Wildman–Crippen MR) is 97.1 cm³/mol. The van der Waals surface area contributed by atoms with Gasteiger partial charge in [-0.1, -0.05) is 23.7 Å². The molecule has 1 aliphatic heterocycles. The minimum atomic E-state index is -3.40. The number of rotatable bonds is 5. The maximum absolute atomic E-state index is 12.5. The van der Waals surface area contributed by atoms with Crippen LogP contribution < -0.4 is 5.32 Å². The van der Waals surface area contributed by atoms with E-state index in [1.165, 1.54) is 4.31 Å². The Morgan fingerprint density at radius 2 is 1.60 bits per heavy atom. The van der Waals surface area contributed by atoms with Crippen LogP contribution in [0.25, 0.3) is 0 Å². The third kappa shape index (κ3) is 4.21. The van der Waals surface area contributed by atoms with Gasteiger partial charge in [0.25, 0.3) is 5.91 Å². The summed E-state index contributed by atoms with van der Waals surface area (Å²) in [6.07, 6.45) is 1.82. The third-order valence-electron chi connectivity index (χ3n) is 4.19. The number of nitrogens with one attached hydrogen (secondary N) is 1. The first kappa shape index (κ1) is 17.9. The van der Waals surface area contributed by atoms with Crippen molar-refractivity contribution in [2.45, 2.75) is 24.3 Å². The van der Waals surface area contributed by atoms with Crippen LogP contribution in [0.2, 0.25) is 5.02 Å². The molecule has 132 valence electrons. The molecule has 0 saturated carbocycles. The van der Waals surface area contributed by atoms with Crippen molar-refractivity contribution in [1.82, 2.24) is 9.62 Å². The molecular weight excluding hydrogens is 360 g/mol. The average molecular weight is 379 g/mol. The Hall–Kier alpha value is -1.89. The number of amides is 1. The zero-order valence-electron chi connectivity index (χ0n) is 13.6. The van der Waals surface area contributed by atoms with Crippen LogP contribution in [0.5, 0.6) is 0 Å². The Bertz CT molecular complexity index is 843. The Kier molecular flexibility index (Phi) is 5.42. The molecule has 7 heteroatoms. The van der Waals surface area contributed by atoms with Crippen LogP contribution in [0.15, 0.2) is 53.4 Å². The molecule has 1 N–H and O–H groups in total. The van der Waals surface area contributed by atoms with Gasteiger partial charge in [-0.2, -0.15) is 4.31 Å². The minimum Gasteiger partial charge on any atom is -0.348 e. The summed E-state index contributed by atoms with van der Waals surface area (Å²) in [5.74, 6) is -0.203. The molecule has 0 aliphatic carbocycles. The van der Waals surface area contributed by atoms with Gasteiger partial charge >= 0.3 is 0 Å². The number of sulfonamides is 1. The standard InChI is InChI=1S/C18H19ClN2O3S/c19-16-7-5-15(6-8-16)18(22)20-13-14-3-9-17(10-4-14)25(23,24)21-11-1-2-12-21/h3-10H,1-2,11-13H2,(H,20,22). The molecule has 1 aliphatic rings. The van der Waals surface area contributed by atoms with Crippen LogP contribution in [-0.4, -0.2) is 31.7 Å². The van der Waals surface area contributed by atoms with Crippen LogP contribution in [0.4, 0.5) is 0 Å². The number of nitrogens with zero attached hydrogens (tertiary/aromatic N) is 1. The van der Waals surface area contributed by atoms with E-state index in [0.717, 1.165) is 18.4 Å². The smallest absolute Gasteiger partial charge is 0.251 e. The van der Waals surface area contributed by atoms with E-state index in [0.29, 0.717) is 35.1 Å². The lowest BCUT2D eigenvalue weighted by Gasteiger charge is -2.15. The largest absolute Gasteiger partial charge is 0.348 e. The van der Waals surface area contributed by atoms with Gasteiger partial charge in [0, 0.05) is 30.2 Å². The lowest BCUT2D eigenvalue weighted by atomic mass is 10.2. The van der Waals surface area contributed by atoms with Gasteiger partial charge in [0.05, 0.1) is 4.90 Å². The summed E-state index contributed by atoms with van der Waals surface area (Å²) in [6, 6.07) is 13.3. The molecule has 0 spiro atoms. The first-order valence-corrected chi connectivity index (χ1v) is 9.91. The van der Waals surface area contributed by atoms with Crippen molar-refractivity contribution >= 4 is 27.5 Å². The topological polar surface area (TPSA) is 66.5 Å². The van der Waals surface area contributed by atoms with Crippen molar-refractivity contribution in [3.8, 4) is 0 Å². The van der Waals surface area contributed by atoms with Crippen molar-refractivity contribution < 1.29 is 13.2 Å².